The summed E-state index contributed by atoms with van der Waals surface area (Å²) < 4.78 is 35.2. The lowest BCUT2D eigenvalue weighted by Crippen LogP contribution is -2.49. The van der Waals surface area contributed by atoms with Crippen molar-refractivity contribution in [1.82, 2.24) is 34.8 Å². The van der Waals surface area contributed by atoms with E-state index < -0.39 is 30.8 Å². The molecule has 4 heterocycles. The molecule has 0 radical (unpaired) electrons. The van der Waals surface area contributed by atoms with E-state index in [4.69, 9.17) is 9.72 Å². The molecule has 3 aromatic rings. The summed E-state index contributed by atoms with van der Waals surface area (Å²) in [6, 6.07) is 5.69. The Labute approximate surface area is 219 Å². The smallest absolute Gasteiger partial charge is 0.310 e. The van der Waals surface area contributed by atoms with Crippen LogP contribution in [-0.2, 0) is 36.1 Å². The maximum atomic E-state index is 14.4. The number of hydrogen-bond acceptors (Lipinski definition) is 9. The average molecular weight is 527 g/mol. The van der Waals surface area contributed by atoms with Gasteiger partial charge in [0, 0.05) is 50.1 Å². The van der Waals surface area contributed by atoms with Crippen molar-refractivity contribution in [3.05, 3.63) is 47.0 Å². The molecule has 0 amide bonds. The SMILES string of the molecule is CCc1nc(-c2nnn(C)c2CNc2nccc(C3CC3)n2)ccc1CN1CC(C(=O)OC)CC(F)(F)C1. The molecular weight excluding hydrogens is 494 g/mol. The molecule has 1 saturated heterocycles. The highest BCUT2D eigenvalue weighted by Crippen LogP contribution is 2.39. The predicted octanol–water partition coefficient (Wildman–Crippen LogP) is 3.35. The molecule has 12 heteroatoms. The number of carbonyl (C=O) groups is 1. The van der Waals surface area contributed by atoms with Gasteiger partial charge in [-0.1, -0.05) is 18.2 Å². The molecule has 1 aliphatic carbocycles. The van der Waals surface area contributed by atoms with Crippen LogP contribution in [0.15, 0.2) is 24.4 Å². The molecule has 5 rings (SSSR count). The van der Waals surface area contributed by atoms with Gasteiger partial charge in [-0.25, -0.2) is 23.4 Å². The summed E-state index contributed by atoms with van der Waals surface area (Å²) in [7, 11) is 3.05. The highest BCUT2D eigenvalue weighted by atomic mass is 19.3. The van der Waals surface area contributed by atoms with Crippen LogP contribution in [0, 0.1) is 5.92 Å². The Balaban J connectivity index is 1.33. The first-order chi connectivity index (χ1) is 18.3. The van der Waals surface area contributed by atoms with Gasteiger partial charge >= 0.3 is 5.97 Å². The molecule has 10 nitrogen and oxygen atoms in total. The number of methoxy groups -OCH3 is 1. The van der Waals surface area contributed by atoms with Gasteiger partial charge in [-0.05, 0) is 37.0 Å². The van der Waals surface area contributed by atoms with Gasteiger partial charge in [0.15, 0.2) is 0 Å². The molecule has 38 heavy (non-hydrogen) atoms. The Morgan fingerprint density at radius 1 is 1.24 bits per heavy atom. The molecule has 1 aliphatic heterocycles. The molecule has 0 spiro atoms. The van der Waals surface area contributed by atoms with Crippen molar-refractivity contribution < 1.29 is 18.3 Å². The Hall–Kier alpha value is -3.54. The third kappa shape index (κ3) is 5.79. The fourth-order valence-corrected chi connectivity index (χ4v) is 4.99. The molecule has 1 atom stereocenters. The first-order valence-electron chi connectivity index (χ1n) is 12.9. The van der Waals surface area contributed by atoms with Crippen molar-refractivity contribution in [1.29, 1.82) is 0 Å². The van der Waals surface area contributed by atoms with Gasteiger partial charge in [-0.3, -0.25) is 14.7 Å². The first-order valence-corrected chi connectivity index (χ1v) is 12.9. The largest absolute Gasteiger partial charge is 0.469 e. The van der Waals surface area contributed by atoms with Crippen LogP contribution in [0.4, 0.5) is 14.7 Å². The van der Waals surface area contributed by atoms with E-state index in [2.05, 4.69) is 25.6 Å². The van der Waals surface area contributed by atoms with Crippen LogP contribution in [0.25, 0.3) is 11.4 Å². The number of pyridine rings is 1. The van der Waals surface area contributed by atoms with Crippen LogP contribution in [0.2, 0.25) is 0 Å². The number of nitrogens with one attached hydrogen (secondary N) is 1. The highest BCUT2D eigenvalue weighted by Gasteiger charge is 2.43. The van der Waals surface area contributed by atoms with E-state index in [9.17, 15) is 13.6 Å². The zero-order chi connectivity index (χ0) is 26.9. The number of hydrogen-bond donors (Lipinski definition) is 1. The number of esters is 1. The zero-order valence-corrected chi connectivity index (χ0v) is 21.8. The molecule has 1 unspecified atom stereocenters. The van der Waals surface area contributed by atoms with Crippen molar-refractivity contribution in [3.63, 3.8) is 0 Å². The maximum absolute atomic E-state index is 14.4. The predicted molar refractivity (Wildman–Crippen MR) is 135 cm³/mol. The number of ether oxygens (including phenoxy) is 1. The summed E-state index contributed by atoms with van der Waals surface area (Å²) in [6.07, 6.45) is 4.22. The van der Waals surface area contributed by atoms with Gasteiger partial charge in [-0.15, -0.1) is 5.10 Å². The molecule has 202 valence electrons. The lowest BCUT2D eigenvalue weighted by atomic mass is 9.94. The van der Waals surface area contributed by atoms with E-state index in [1.807, 2.05) is 32.2 Å². The number of nitrogens with zero attached hydrogens (tertiary/aromatic N) is 7. The van der Waals surface area contributed by atoms with Crippen molar-refractivity contribution >= 4 is 11.9 Å². The number of carbonyl (C=O) groups excluding carboxylic acids is 1. The van der Waals surface area contributed by atoms with Crippen LogP contribution in [0.5, 0.6) is 0 Å². The van der Waals surface area contributed by atoms with Crippen molar-refractivity contribution in [2.45, 2.75) is 57.5 Å². The number of likely N-dealkylation sites (tertiary alicyclic amines) is 1. The summed E-state index contributed by atoms with van der Waals surface area (Å²) in [5.74, 6) is -3.33. The topological polar surface area (TPSA) is 111 Å². The number of aryl methyl sites for hydroxylation is 2. The Bertz CT molecular complexity index is 1310. The molecule has 2 fully saturated rings. The van der Waals surface area contributed by atoms with E-state index in [0.717, 1.165) is 22.6 Å². The molecule has 0 aromatic carbocycles. The number of rotatable bonds is 9. The minimum atomic E-state index is -2.96. The number of alkyl halides is 2. The van der Waals surface area contributed by atoms with E-state index >= 15 is 0 Å². The molecule has 3 aromatic heterocycles. The fourth-order valence-electron chi connectivity index (χ4n) is 4.99. The number of aromatic nitrogens is 6. The molecule has 1 N–H and O–H groups in total. The summed E-state index contributed by atoms with van der Waals surface area (Å²) in [5.41, 5.74) is 4.79. The maximum Gasteiger partial charge on any atom is 0.310 e. The first kappa shape index (κ1) is 26.1. The van der Waals surface area contributed by atoms with Gasteiger partial charge in [0.1, 0.15) is 5.69 Å². The van der Waals surface area contributed by atoms with Crippen molar-refractivity contribution in [2.24, 2.45) is 13.0 Å². The quantitative estimate of drug-likeness (QED) is 0.420. The second-order valence-electron chi connectivity index (χ2n) is 10.0. The van der Waals surface area contributed by atoms with Crippen molar-refractivity contribution in [2.75, 3.05) is 25.5 Å². The lowest BCUT2D eigenvalue weighted by Gasteiger charge is -2.36. The van der Waals surface area contributed by atoms with E-state index in [-0.39, 0.29) is 13.1 Å². The van der Waals surface area contributed by atoms with Crippen LogP contribution >= 0.6 is 0 Å². The number of halogens is 2. The van der Waals surface area contributed by atoms with Crippen LogP contribution < -0.4 is 5.32 Å². The summed E-state index contributed by atoms with van der Waals surface area (Å²) >= 11 is 0. The highest BCUT2D eigenvalue weighted by molar-refractivity contribution is 5.72. The standard InChI is InChI=1S/C26H32F2N8O2/c1-4-19-17(13-36-14-18(24(37)38-3)11-26(27,28)15-36)7-8-21(31-19)23-22(35(2)34-33-23)12-30-25-29-10-9-20(32-25)16-5-6-16/h7-10,16,18H,4-6,11-15H2,1-3H3,(H,29,30,32). The molecule has 2 aliphatic rings. The minimum absolute atomic E-state index is 0.219. The Morgan fingerprint density at radius 2 is 2.05 bits per heavy atom. The van der Waals surface area contributed by atoms with Gasteiger partial charge in [0.05, 0.1) is 37.5 Å². The van der Waals surface area contributed by atoms with Crippen LogP contribution in [-0.4, -0.2) is 66.9 Å². The van der Waals surface area contributed by atoms with Crippen LogP contribution in [0.1, 0.15) is 54.7 Å². The summed E-state index contributed by atoms with van der Waals surface area (Å²) in [5, 5.41) is 11.8. The normalized spacial score (nSPS) is 19.3. The molecule has 0 bridgehead atoms. The lowest BCUT2D eigenvalue weighted by molar-refractivity contribution is -0.157. The number of piperidine rings is 1. The van der Waals surface area contributed by atoms with E-state index in [0.29, 0.717) is 36.2 Å². The molecule has 1 saturated carbocycles. The third-order valence-corrected chi connectivity index (χ3v) is 7.08. The second-order valence-corrected chi connectivity index (χ2v) is 10.0. The van der Waals surface area contributed by atoms with Gasteiger partial charge in [0.25, 0.3) is 5.92 Å². The number of anilines is 1. The molecular formula is C26H32F2N8O2. The summed E-state index contributed by atoms with van der Waals surface area (Å²) in [6.45, 7) is 2.46. The van der Waals surface area contributed by atoms with Crippen molar-refractivity contribution in [3.8, 4) is 11.4 Å². The summed E-state index contributed by atoms with van der Waals surface area (Å²) in [4.78, 5) is 27.4. The second kappa shape index (κ2) is 10.7. The minimum Gasteiger partial charge on any atom is -0.469 e. The fraction of sp³-hybridized carbons (Fsp3) is 0.538. The monoisotopic (exact) mass is 526 g/mol. The average Bonchev–Trinajstić information content (AvgIpc) is 3.69. The zero-order valence-electron chi connectivity index (χ0n) is 21.8. The van der Waals surface area contributed by atoms with Gasteiger partial charge in [0.2, 0.25) is 5.95 Å². The van der Waals surface area contributed by atoms with E-state index in [1.54, 1.807) is 15.8 Å². The Kier molecular flexibility index (Phi) is 7.33. The third-order valence-electron chi connectivity index (χ3n) is 7.08. The van der Waals surface area contributed by atoms with Gasteiger partial charge < -0.3 is 10.1 Å². The Morgan fingerprint density at radius 3 is 2.79 bits per heavy atom. The van der Waals surface area contributed by atoms with Gasteiger partial charge in [-0.2, -0.15) is 0 Å². The van der Waals surface area contributed by atoms with Crippen LogP contribution in [0.3, 0.4) is 0 Å². The van der Waals surface area contributed by atoms with E-state index in [1.165, 1.54) is 20.0 Å².